The summed E-state index contributed by atoms with van der Waals surface area (Å²) in [6.07, 6.45) is 2.98. The summed E-state index contributed by atoms with van der Waals surface area (Å²) in [6.45, 7) is 3.21. The van der Waals surface area contributed by atoms with Gasteiger partial charge in [-0.2, -0.15) is 0 Å². The Labute approximate surface area is 186 Å². The number of halogens is 1. The number of aromatic amines is 1. The van der Waals surface area contributed by atoms with Crippen LogP contribution in [-0.2, 0) is 0 Å². The molecule has 10 nitrogen and oxygen atoms in total. The van der Waals surface area contributed by atoms with E-state index in [1.807, 2.05) is 0 Å². The zero-order valence-electron chi connectivity index (χ0n) is 16.6. The standard InChI is InChI=1S/C19H20ClN7O3S/c1-9-6-11(7-23-14(9)18(30)26-16-12(20)4-3-5-22-16)25-19-13(17(29)27-31-19)15(21)24-10(2)8-28/h3-7,10,25,28H,8H2,1-2H3,(H2,21,24)(H,27,29)(H,22,26,30). The van der Waals surface area contributed by atoms with E-state index in [1.165, 1.54) is 12.4 Å². The minimum absolute atomic E-state index is 0.0134. The number of aryl methyl sites for hydroxylation is 1. The number of aliphatic imine (C=N–C) groups is 1. The first-order valence-electron chi connectivity index (χ1n) is 9.11. The van der Waals surface area contributed by atoms with Crippen molar-refractivity contribution in [3.05, 3.63) is 62.8 Å². The number of hydrogen-bond acceptors (Lipinski definition) is 8. The third kappa shape index (κ3) is 5.26. The second-order valence-electron chi connectivity index (χ2n) is 6.59. The van der Waals surface area contributed by atoms with Crippen molar-refractivity contribution in [2.45, 2.75) is 19.9 Å². The lowest BCUT2D eigenvalue weighted by molar-refractivity contribution is 0.102. The molecule has 0 saturated heterocycles. The van der Waals surface area contributed by atoms with E-state index in [1.54, 1.807) is 32.0 Å². The van der Waals surface area contributed by atoms with Gasteiger partial charge in [0.15, 0.2) is 5.82 Å². The molecule has 1 amide bonds. The minimum Gasteiger partial charge on any atom is -0.394 e. The molecule has 0 spiro atoms. The lowest BCUT2D eigenvalue weighted by atomic mass is 10.2. The highest BCUT2D eigenvalue weighted by Gasteiger charge is 2.18. The van der Waals surface area contributed by atoms with Gasteiger partial charge in [0.1, 0.15) is 22.1 Å². The van der Waals surface area contributed by atoms with E-state index < -0.39 is 17.5 Å². The second kappa shape index (κ2) is 9.69. The van der Waals surface area contributed by atoms with Crippen LogP contribution in [0.4, 0.5) is 16.5 Å². The largest absolute Gasteiger partial charge is 0.394 e. The van der Waals surface area contributed by atoms with Gasteiger partial charge in [0.2, 0.25) is 0 Å². The van der Waals surface area contributed by atoms with Crippen molar-refractivity contribution in [1.82, 2.24) is 14.3 Å². The molecule has 3 aromatic rings. The van der Waals surface area contributed by atoms with Crippen LogP contribution in [0.25, 0.3) is 0 Å². The highest BCUT2D eigenvalue weighted by molar-refractivity contribution is 7.10. The van der Waals surface area contributed by atoms with E-state index in [4.69, 9.17) is 22.4 Å². The molecule has 12 heteroatoms. The Morgan fingerprint density at radius 1 is 1.45 bits per heavy atom. The molecule has 0 aromatic carbocycles. The lowest BCUT2D eigenvalue weighted by Gasteiger charge is -2.10. The van der Waals surface area contributed by atoms with Gasteiger partial charge < -0.3 is 21.5 Å². The number of amidine groups is 1. The van der Waals surface area contributed by atoms with Crippen molar-refractivity contribution in [3.63, 3.8) is 0 Å². The molecule has 1 unspecified atom stereocenters. The maximum Gasteiger partial charge on any atom is 0.275 e. The Hall–Kier alpha value is -3.28. The van der Waals surface area contributed by atoms with Crippen LogP contribution >= 0.6 is 23.1 Å². The van der Waals surface area contributed by atoms with Gasteiger partial charge in [0.25, 0.3) is 11.5 Å². The molecule has 0 aliphatic heterocycles. The normalized spacial score (nSPS) is 12.5. The maximum atomic E-state index is 12.5. The average Bonchev–Trinajstić information content (AvgIpc) is 3.09. The summed E-state index contributed by atoms with van der Waals surface area (Å²) in [7, 11) is 0. The highest BCUT2D eigenvalue weighted by atomic mass is 35.5. The maximum absolute atomic E-state index is 12.5. The number of nitrogens with one attached hydrogen (secondary N) is 3. The van der Waals surface area contributed by atoms with Gasteiger partial charge in [0, 0.05) is 6.20 Å². The number of hydrogen-bond donors (Lipinski definition) is 5. The number of carbonyl (C=O) groups excluding carboxylic acids is 1. The fraction of sp³-hybridized carbons (Fsp3) is 0.211. The zero-order valence-corrected chi connectivity index (χ0v) is 18.2. The molecule has 0 radical (unpaired) electrons. The van der Waals surface area contributed by atoms with Gasteiger partial charge in [-0.1, -0.05) is 11.6 Å². The number of aliphatic hydroxyl groups is 1. The van der Waals surface area contributed by atoms with Crippen LogP contribution < -0.4 is 21.9 Å². The SMILES string of the molecule is Cc1cc(Nc2s[nH]c(=O)c2C(N)=NC(C)CO)cnc1C(=O)Nc1ncccc1Cl. The van der Waals surface area contributed by atoms with Crippen molar-refractivity contribution in [1.29, 1.82) is 0 Å². The van der Waals surface area contributed by atoms with E-state index in [-0.39, 0.29) is 29.5 Å². The Morgan fingerprint density at radius 2 is 2.23 bits per heavy atom. The Kier molecular flexibility index (Phi) is 7.00. The van der Waals surface area contributed by atoms with E-state index in [0.717, 1.165) is 11.5 Å². The predicted molar refractivity (Wildman–Crippen MR) is 122 cm³/mol. The number of pyridine rings is 2. The molecule has 0 aliphatic rings. The average molecular weight is 462 g/mol. The van der Waals surface area contributed by atoms with E-state index in [0.29, 0.717) is 21.3 Å². The molecule has 3 heterocycles. The van der Waals surface area contributed by atoms with Gasteiger partial charge in [-0.15, -0.1) is 0 Å². The molecule has 162 valence electrons. The third-order valence-electron chi connectivity index (χ3n) is 4.12. The first-order chi connectivity index (χ1) is 14.8. The molecule has 31 heavy (non-hydrogen) atoms. The fourth-order valence-corrected chi connectivity index (χ4v) is 3.56. The number of aromatic nitrogens is 3. The monoisotopic (exact) mass is 461 g/mol. The van der Waals surface area contributed by atoms with Gasteiger partial charge in [-0.3, -0.25) is 19.0 Å². The van der Waals surface area contributed by atoms with Crippen LogP contribution in [-0.4, -0.2) is 43.8 Å². The molecule has 0 aliphatic carbocycles. The second-order valence-corrected chi connectivity index (χ2v) is 7.81. The van der Waals surface area contributed by atoms with Crippen LogP contribution in [0.1, 0.15) is 28.5 Å². The summed E-state index contributed by atoms with van der Waals surface area (Å²) in [5.41, 5.74) is 7.07. The summed E-state index contributed by atoms with van der Waals surface area (Å²) < 4.78 is 2.60. The summed E-state index contributed by atoms with van der Waals surface area (Å²) in [5, 5.41) is 15.6. The van der Waals surface area contributed by atoms with Crippen molar-refractivity contribution < 1.29 is 9.90 Å². The van der Waals surface area contributed by atoms with Crippen molar-refractivity contribution in [3.8, 4) is 0 Å². The molecule has 3 aromatic heterocycles. The number of H-pyrrole nitrogens is 1. The van der Waals surface area contributed by atoms with Crippen LogP contribution in [0, 0.1) is 6.92 Å². The Balaban J connectivity index is 1.82. The molecule has 0 saturated carbocycles. The number of carbonyl (C=O) groups is 1. The first kappa shape index (κ1) is 22.4. The van der Waals surface area contributed by atoms with Crippen LogP contribution in [0.15, 0.2) is 40.4 Å². The summed E-state index contributed by atoms with van der Waals surface area (Å²) in [4.78, 5) is 37.1. The van der Waals surface area contributed by atoms with Crippen molar-refractivity contribution >= 4 is 51.4 Å². The van der Waals surface area contributed by atoms with Crippen LogP contribution in [0.5, 0.6) is 0 Å². The van der Waals surface area contributed by atoms with E-state index in [2.05, 4.69) is 30.0 Å². The number of nitrogens with two attached hydrogens (primary N) is 1. The molecule has 1 atom stereocenters. The minimum atomic E-state index is -0.453. The quantitative estimate of drug-likeness (QED) is 0.266. The number of rotatable bonds is 7. The third-order valence-corrected chi connectivity index (χ3v) is 5.22. The fourth-order valence-electron chi connectivity index (χ4n) is 2.62. The Morgan fingerprint density at radius 3 is 2.90 bits per heavy atom. The summed E-state index contributed by atoms with van der Waals surface area (Å²) in [5.74, 6) is -0.198. The molecular formula is C19H20ClN7O3S. The van der Waals surface area contributed by atoms with Gasteiger partial charge in [-0.25, -0.2) is 9.97 Å². The van der Waals surface area contributed by atoms with Crippen molar-refractivity contribution in [2.75, 3.05) is 17.2 Å². The number of amides is 1. The first-order valence-corrected chi connectivity index (χ1v) is 10.3. The molecule has 3 rings (SSSR count). The molecule has 0 fully saturated rings. The summed E-state index contributed by atoms with van der Waals surface area (Å²) >= 11 is 7.08. The highest BCUT2D eigenvalue weighted by Crippen LogP contribution is 2.24. The van der Waals surface area contributed by atoms with Crippen LogP contribution in [0.3, 0.4) is 0 Å². The molecular weight excluding hydrogens is 442 g/mol. The lowest BCUT2D eigenvalue weighted by Crippen LogP contribution is -2.24. The number of aliphatic hydroxyl groups excluding tert-OH is 1. The van der Waals surface area contributed by atoms with Gasteiger partial charge in [0.05, 0.1) is 29.6 Å². The zero-order chi connectivity index (χ0) is 22.5. The number of nitrogens with zero attached hydrogens (tertiary/aromatic N) is 3. The predicted octanol–water partition coefficient (Wildman–Crippen LogP) is 2.27. The molecule has 6 N–H and O–H groups in total. The van der Waals surface area contributed by atoms with E-state index >= 15 is 0 Å². The Bertz CT molecular complexity index is 1190. The smallest absolute Gasteiger partial charge is 0.275 e. The van der Waals surface area contributed by atoms with Crippen molar-refractivity contribution in [2.24, 2.45) is 10.7 Å². The number of anilines is 3. The summed E-state index contributed by atoms with van der Waals surface area (Å²) in [6, 6.07) is 4.54. The van der Waals surface area contributed by atoms with Gasteiger partial charge >= 0.3 is 0 Å². The topological polar surface area (TPSA) is 158 Å². The van der Waals surface area contributed by atoms with Crippen LogP contribution in [0.2, 0.25) is 5.02 Å². The van der Waals surface area contributed by atoms with E-state index in [9.17, 15) is 9.59 Å². The molecule has 0 bridgehead atoms. The van der Waals surface area contributed by atoms with Gasteiger partial charge in [-0.05, 0) is 49.1 Å².